The molecule has 2 aliphatic heterocycles. The molecule has 150 valence electrons. The number of nitrogens with one attached hydrogen (secondary N) is 1. The number of carbonyl (C=O) groups is 1. The molecule has 3 rings (SSSR count). The number of piperidine rings is 1. The van der Waals surface area contributed by atoms with Crippen LogP contribution in [0.4, 0.5) is 0 Å². The second kappa shape index (κ2) is 9.17. The fraction of sp³-hybridized carbons (Fsp3) is 0.650. The average Bonchev–Trinajstić information content (AvgIpc) is 2.97. The third kappa shape index (κ3) is 5.09. The summed E-state index contributed by atoms with van der Waals surface area (Å²) in [4.78, 5) is 12.6. The first-order chi connectivity index (χ1) is 13.0. The van der Waals surface area contributed by atoms with Crippen LogP contribution in [-0.2, 0) is 21.5 Å². The van der Waals surface area contributed by atoms with Crippen LogP contribution >= 0.6 is 0 Å². The van der Waals surface area contributed by atoms with Crippen LogP contribution in [0.1, 0.15) is 49.7 Å². The van der Waals surface area contributed by atoms with Crippen molar-refractivity contribution in [2.24, 2.45) is 5.92 Å². The molecule has 27 heavy (non-hydrogen) atoms. The molecule has 0 saturated carbocycles. The summed E-state index contributed by atoms with van der Waals surface area (Å²) in [6.45, 7) is 4.52. The minimum Gasteiger partial charge on any atom is -0.352 e. The monoisotopic (exact) mass is 393 g/mol. The van der Waals surface area contributed by atoms with E-state index in [0.717, 1.165) is 49.7 Å². The Morgan fingerprint density at radius 1 is 1.04 bits per heavy atom. The van der Waals surface area contributed by atoms with Gasteiger partial charge in [-0.3, -0.25) is 4.79 Å². The predicted molar refractivity (Wildman–Crippen MR) is 106 cm³/mol. The zero-order valence-electron chi connectivity index (χ0n) is 16.2. The van der Waals surface area contributed by atoms with Crippen molar-refractivity contribution in [2.45, 2.75) is 52.0 Å². The normalized spacial score (nSPS) is 22.9. The first-order valence-corrected chi connectivity index (χ1v) is 11.5. The molecule has 0 aliphatic carbocycles. The van der Waals surface area contributed by atoms with E-state index >= 15 is 0 Å². The van der Waals surface area contributed by atoms with Crippen molar-refractivity contribution in [3.8, 4) is 0 Å². The van der Waals surface area contributed by atoms with Gasteiger partial charge in [-0.05, 0) is 43.7 Å². The second-order valence-electron chi connectivity index (χ2n) is 7.66. The van der Waals surface area contributed by atoms with Crippen LogP contribution in [0.2, 0.25) is 0 Å². The maximum absolute atomic E-state index is 13.0. The van der Waals surface area contributed by atoms with Crippen molar-refractivity contribution in [3.05, 3.63) is 35.4 Å². The molecular weight excluding hydrogens is 362 g/mol. The molecule has 7 heteroatoms. The lowest BCUT2D eigenvalue weighted by molar-refractivity contribution is -0.126. The smallest absolute Gasteiger partial charge is 0.281 e. The van der Waals surface area contributed by atoms with E-state index in [2.05, 4.69) is 5.32 Å². The highest BCUT2D eigenvalue weighted by atomic mass is 32.2. The van der Waals surface area contributed by atoms with Crippen molar-refractivity contribution in [2.75, 3.05) is 26.2 Å². The summed E-state index contributed by atoms with van der Waals surface area (Å²) in [6, 6.07) is 7.97. The van der Waals surface area contributed by atoms with Gasteiger partial charge in [-0.25, -0.2) is 0 Å². The number of rotatable bonds is 5. The van der Waals surface area contributed by atoms with Gasteiger partial charge in [0.1, 0.15) is 0 Å². The van der Waals surface area contributed by atoms with E-state index in [4.69, 9.17) is 0 Å². The van der Waals surface area contributed by atoms with E-state index in [9.17, 15) is 13.2 Å². The summed E-state index contributed by atoms with van der Waals surface area (Å²) >= 11 is 0. The van der Waals surface area contributed by atoms with Crippen molar-refractivity contribution in [1.29, 1.82) is 0 Å². The number of aryl methyl sites for hydroxylation is 1. The number of benzene rings is 1. The zero-order valence-corrected chi connectivity index (χ0v) is 17.0. The summed E-state index contributed by atoms with van der Waals surface area (Å²) < 4.78 is 29.2. The topological polar surface area (TPSA) is 69.7 Å². The van der Waals surface area contributed by atoms with E-state index in [-0.39, 0.29) is 11.8 Å². The lowest BCUT2D eigenvalue weighted by Crippen LogP contribution is -2.50. The number of nitrogens with zero attached hydrogens (tertiary/aromatic N) is 2. The maximum Gasteiger partial charge on any atom is 0.281 e. The highest BCUT2D eigenvalue weighted by Crippen LogP contribution is 2.23. The van der Waals surface area contributed by atoms with Crippen molar-refractivity contribution in [1.82, 2.24) is 13.9 Å². The molecule has 1 N–H and O–H groups in total. The quantitative estimate of drug-likeness (QED) is 0.835. The van der Waals surface area contributed by atoms with Crippen LogP contribution in [-0.4, -0.2) is 49.1 Å². The Bertz CT molecular complexity index is 743. The lowest BCUT2D eigenvalue weighted by Gasteiger charge is -2.34. The molecule has 0 unspecified atom stereocenters. The van der Waals surface area contributed by atoms with Gasteiger partial charge >= 0.3 is 0 Å². The molecule has 0 spiro atoms. The van der Waals surface area contributed by atoms with E-state index < -0.39 is 10.2 Å². The Morgan fingerprint density at radius 3 is 2.41 bits per heavy atom. The standard InChI is InChI=1S/C20H31N3O3S/c1-17-9-4-5-10-18(17)15-21-20(24)19-11-8-14-23(16-19)27(25,26)22-12-6-2-3-7-13-22/h4-5,9-10,19H,2-3,6-8,11-16H2,1H3,(H,21,24)/t19-/m1/s1. The van der Waals surface area contributed by atoms with Gasteiger partial charge in [0, 0.05) is 32.7 Å². The van der Waals surface area contributed by atoms with Gasteiger partial charge < -0.3 is 5.32 Å². The Labute approximate surface area is 163 Å². The Hall–Kier alpha value is -1.44. The SMILES string of the molecule is Cc1ccccc1CNC(=O)[C@@H]1CCCN(S(=O)(=O)N2CCCCCC2)C1. The molecule has 1 atom stereocenters. The van der Waals surface area contributed by atoms with Gasteiger partial charge in [0.25, 0.3) is 10.2 Å². The summed E-state index contributed by atoms with van der Waals surface area (Å²) in [5.74, 6) is -0.321. The predicted octanol–water partition coefficient (Wildman–Crippen LogP) is 2.44. The van der Waals surface area contributed by atoms with E-state index in [1.807, 2.05) is 31.2 Å². The highest BCUT2D eigenvalue weighted by Gasteiger charge is 2.35. The number of hydrogen-bond acceptors (Lipinski definition) is 3. The van der Waals surface area contributed by atoms with Gasteiger partial charge in [-0.15, -0.1) is 0 Å². The van der Waals surface area contributed by atoms with Crippen LogP contribution in [0.25, 0.3) is 0 Å². The molecule has 1 aromatic carbocycles. The molecule has 2 fully saturated rings. The number of carbonyl (C=O) groups excluding carboxylic acids is 1. The van der Waals surface area contributed by atoms with E-state index in [1.165, 1.54) is 4.31 Å². The largest absolute Gasteiger partial charge is 0.352 e. The van der Waals surface area contributed by atoms with Gasteiger partial charge in [0.05, 0.1) is 5.92 Å². The molecule has 2 aliphatic rings. The molecule has 1 aromatic rings. The minimum absolute atomic E-state index is 0.0472. The Morgan fingerprint density at radius 2 is 1.70 bits per heavy atom. The minimum atomic E-state index is -3.46. The molecule has 0 bridgehead atoms. The van der Waals surface area contributed by atoms with Gasteiger partial charge in [0.2, 0.25) is 5.91 Å². The summed E-state index contributed by atoms with van der Waals surface area (Å²) in [5, 5.41) is 3.00. The van der Waals surface area contributed by atoms with Gasteiger partial charge in [0.15, 0.2) is 0 Å². The van der Waals surface area contributed by atoms with Crippen molar-refractivity contribution >= 4 is 16.1 Å². The van der Waals surface area contributed by atoms with Crippen LogP contribution < -0.4 is 5.32 Å². The number of amides is 1. The third-order valence-corrected chi connectivity index (χ3v) is 7.69. The first kappa shape index (κ1) is 20.3. The van der Waals surface area contributed by atoms with Crippen molar-refractivity contribution in [3.63, 3.8) is 0 Å². The summed E-state index contributed by atoms with van der Waals surface area (Å²) in [5.41, 5.74) is 2.24. The van der Waals surface area contributed by atoms with Gasteiger partial charge in [-0.2, -0.15) is 17.0 Å². The van der Waals surface area contributed by atoms with Crippen LogP contribution in [0.3, 0.4) is 0 Å². The molecule has 0 radical (unpaired) electrons. The molecule has 6 nitrogen and oxygen atoms in total. The second-order valence-corrected chi connectivity index (χ2v) is 9.59. The van der Waals surface area contributed by atoms with Crippen LogP contribution in [0.5, 0.6) is 0 Å². The fourth-order valence-electron chi connectivity index (χ4n) is 3.94. The summed E-state index contributed by atoms with van der Waals surface area (Å²) in [7, 11) is -3.46. The Kier molecular flexibility index (Phi) is 6.89. The Balaban J connectivity index is 1.59. The first-order valence-electron chi connectivity index (χ1n) is 10.1. The van der Waals surface area contributed by atoms with E-state index in [1.54, 1.807) is 4.31 Å². The molecular formula is C20H31N3O3S. The lowest BCUT2D eigenvalue weighted by atomic mass is 9.98. The maximum atomic E-state index is 13.0. The molecule has 2 heterocycles. The van der Waals surface area contributed by atoms with Gasteiger partial charge in [-0.1, -0.05) is 37.1 Å². The van der Waals surface area contributed by atoms with Crippen LogP contribution in [0, 0.1) is 12.8 Å². The fourth-order valence-corrected chi connectivity index (χ4v) is 5.71. The van der Waals surface area contributed by atoms with E-state index in [0.29, 0.717) is 32.7 Å². The van der Waals surface area contributed by atoms with Crippen LogP contribution in [0.15, 0.2) is 24.3 Å². The third-order valence-electron chi connectivity index (χ3n) is 5.69. The molecule has 1 amide bonds. The average molecular weight is 394 g/mol. The van der Waals surface area contributed by atoms with Crippen molar-refractivity contribution < 1.29 is 13.2 Å². The number of hydrogen-bond donors (Lipinski definition) is 1. The highest BCUT2D eigenvalue weighted by molar-refractivity contribution is 7.86. The summed E-state index contributed by atoms with van der Waals surface area (Å²) in [6.07, 6.45) is 5.51. The zero-order chi connectivity index (χ0) is 19.3. The molecule has 2 saturated heterocycles. The molecule has 0 aromatic heterocycles.